The molecule has 0 saturated heterocycles. The molecule has 0 bridgehead atoms. The molecule has 3 aromatic rings. The van der Waals surface area contributed by atoms with Crippen molar-refractivity contribution in [2.75, 3.05) is 20.7 Å². The van der Waals surface area contributed by atoms with Gasteiger partial charge in [0.15, 0.2) is 5.96 Å². The van der Waals surface area contributed by atoms with Gasteiger partial charge in [-0.15, -0.1) is 0 Å². The molecule has 0 radical (unpaired) electrons. The summed E-state index contributed by atoms with van der Waals surface area (Å²) >= 11 is 0. The fourth-order valence-corrected chi connectivity index (χ4v) is 2.69. The van der Waals surface area contributed by atoms with Crippen molar-refractivity contribution in [1.29, 1.82) is 0 Å². The highest BCUT2D eigenvalue weighted by molar-refractivity contribution is 5.79. The molecule has 140 valence electrons. The molecule has 0 aliphatic rings. The molecule has 6 heteroatoms. The number of ether oxygens (including phenoxy) is 1. The summed E-state index contributed by atoms with van der Waals surface area (Å²) in [5.41, 5.74) is 3.41. The number of hydrogen-bond acceptors (Lipinski definition) is 3. The van der Waals surface area contributed by atoms with Crippen molar-refractivity contribution >= 4 is 5.96 Å². The van der Waals surface area contributed by atoms with E-state index in [1.165, 1.54) is 11.1 Å². The summed E-state index contributed by atoms with van der Waals surface area (Å²) in [5, 5.41) is 11.1. The van der Waals surface area contributed by atoms with Gasteiger partial charge in [-0.2, -0.15) is 5.10 Å². The van der Waals surface area contributed by atoms with Crippen LogP contribution in [0.25, 0.3) is 5.69 Å². The number of rotatable bonds is 7. The van der Waals surface area contributed by atoms with Crippen molar-refractivity contribution in [1.82, 2.24) is 20.4 Å². The maximum Gasteiger partial charge on any atom is 0.191 e. The van der Waals surface area contributed by atoms with Gasteiger partial charge in [0.05, 0.1) is 19.0 Å². The number of benzene rings is 2. The second kappa shape index (κ2) is 9.43. The number of nitrogens with one attached hydrogen (secondary N) is 2. The number of methoxy groups -OCH3 is 1. The van der Waals surface area contributed by atoms with E-state index in [1.54, 1.807) is 14.2 Å². The third-order valence-corrected chi connectivity index (χ3v) is 4.21. The Labute approximate surface area is 159 Å². The first-order valence-electron chi connectivity index (χ1n) is 8.95. The summed E-state index contributed by atoms with van der Waals surface area (Å²) in [6.07, 6.45) is 4.84. The Balaban J connectivity index is 1.45. The SMILES string of the molecule is CN=C(NCCc1cnn(-c2ccccc2)c1)NCc1ccc(OC)cc1. The van der Waals surface area contributed by atoms with E-state index in [9.17, 15) is 0 Å². The Morgan fingerprint density at radius 1 is 1.04 bits per heavy atom. The first-order valence-corrected chi connectivity index (χ1v) is 8.95. The molecule has 0 aliphatic carbocycles. The highest BCUT2D eigenvalue weighted by Crippen LogP contribution is 2.11. The van der Waals surface area contributed by atoms with E-state index in [-0.39, 0.29) is 0 Å². The standard InChI is InChI=1S/C21H25N5O/c1-22-21(24-14-17-8-10-20(27-2)11-9-17)23-13-12-18-15-25-26(16-18)19-6-4-3-5-7-19/h3-11,15-16H,12-14H2,1-2H3,(H2,22,23,24). The van der Waals surface area contributed by atoms with Crippen LogP contribution < -0.4 is 15.4 Å². The van der Waals surface area contributed by atoms with E-state index in [2.05, 4.69) is 26.9 Å². The van der Waals surface area contributed by atoms with E-state index in [1.807, 2.05) is 65.5 Å². The molecule has 0 saturated carbocycles. The summed E-state index contributed by atoms with van der Waals surface area (Å²) in [5.74, 6) is 1.64. The monoisotopic (exact) mass is 363 g/mol. The lowest BCUT2D eigenvalue weighted by Crippen LogP contribution is -2.37. The summed E-state index contributed by atoms with van der Waals surface area (Å²) < 4.78 is 7.07. The molecule has 2 N–H and O–H groups in total. The van der Waals surface area contributed by atoms with Gasteiger partial charge >= 0.3 is 0 Å². The molecule has 0 atom stereocenters. The molecule has 1 aromatic heterocycles. The van der Waals surface area contributed by atoms with Gasteiger partial charge in [-0.3, -0.25) is 4.99 Å². The van der Waals surface area contributed by atoms with E-state index in [4.69, 9.17) is 4.74 Å². The molecule has 6 nitrogen and oxygen atoms in total. The molecule has 1 heterocycles. The molecule has 0 spiro atoms. The number of aliphatic imine (C=N–C) groups is 1. The average molecular weight is 363 g/mol. The van der Waals surface area contributed by atoms with Gasteiger partial charge in [0.2, 0.25) is 0 Å². The lowest BCUT2D eigenvalue weighted by molar-refractivity contribution is 0.414. The molecule has 0 unspecified atom stereocenters. The Hall–Kier alpha value is -3.28. The zero-order valence-electron chi connectivity index (χ0n) is 15.7. The van der Waals surface area contributed by atoms with Gasteiger partial charge in [-0.05, 0) is 41.8 Å². The molecule has 0 fully saturated rings. The van der Waals surface area contributed by atoms with Crippen LogP contribution in [0, 0.1) is 0 Å². The van der Waals surface area contributed by atoms with Crippen LogP contribution in [0.4, 0.5) is 0 Å². The van der Waals surface area contributed by atoms with Crippen molar-refractivity contribution in [2.45, 2.75) is 13.0 Å². The van der Waals surface area contributed by atoms with Crippen LogP contribution in [0.3, 0.4) is 0 Å². The van der Waals surface area contributed by atoms with Crippen LogP contribution in [0.2, 0.25) is 0 Å². The highest BCUT2D eigenvalue weighted by atomic mass is 16.5. The Bertz CT molecular complexity index is 856. The Kier molecular flexibility index (Phi) is 6.46. The van der Waals surface area contributed by atoms with Crippen LogP contribution in [0.15, 0.2) is 72.0 Å². The number of guanidine groups is 1. The van der Waals surface area contributed by atoms with Gasteiger partial charge in [-0.1, -0.05) is 30.3 Å². The zero-order chi connectivity index (χ0) is 18.9. The fourth-order valence-electron chi connectivity index (χ4n) is 2.69. The first kappa shape index (κ1) is 18.5. The molecular formula is C21H25N5O. The topological polar surface area (TPSA) is 63.5 Å². The fraction of sp³-hybridized carbons (Fsp3) is 0.238. The predicted octanol–water partition coefficient (Wildman–Crippen LogP) is 2.79. The number of nitrogens with zero attached hydrogens (tertiary/aromatic N) is 3. The number of aromatic nitrogens is 2. The third-order valence-electron chi connectivity index (χ3n) is 4.21. The lowest BCUT2D eigenvalue weighted by Gasteiger charge is -2.11. The Morgan fingerprint density at radius 2 is 1.81 bits per heavy atom. The van der Waals surface area contributed by atoms with E-state index in [0.29, 0.717) is 6.54 Å². The number of hydrogen-bond donors (Lipinski definition) is 2. The normalized spacial score (nSPS) is 11.3. The van der Waals surface area contributed by atoms with E-state index < -0.39 is 0 Å². The minimum absolute atomic E-state index is 0.704. The summed E-state index contributed by atoms with van der Waals surface area (Å²) in [7, 11) is 3.44. The van der Waals surface area contributed by atoms with Crippen LogP contribution in [-0.4, -0.2) is 36.4 Å². The smallest absolute Gasteiger partial charge is 0.191 e. The van der Waals surface area contributed by atoms with Crippen LogP contribution in [-0.2, 0) is 13.0 Å². The highest BCUT2D eigenvalue weighted by Gasteiger charge is 2.02. The predicted molar refractivity (Wildman–Crippen MR) is 108 cm³/mol. The van der Waals surface area contributed by atoms with Crippen LogP contribution in [0.1, 0.15) is 11.1 Å². The maximum absolute atomic E-state index is 5.18. The molecule has 0 amide bonds. The van der Waals surface area contributed by atoms with Gasteiger partial charge in [-0.25, -0.2) is 4.68 Å². The van der Waals surface area contributed by atoms with Crippen molar-refractivity contribution in [2.24, 2.45) is 4.99 Å². The molecular weight excluding hydrogens is 338 g/mol. The minimum Gasteiger partial charge on any atom is -0.497 e. The van der Waals surface area contributed by atoms with Crippen molar-refractivity contribution < 1.29 is 4.74 Å². The van der Waals surface area contributed by atoms with Crippen LogP contribution >= 0.6 is 0 Å². The summed E-state index contributed by atoms with van der Waals surface area (Å²) in [6, 6.07) is 18.1. The molecule has 2 aromatic carbocycles. The van der Waals surface area contributed by atoms with E-state index in [0.717, 1.165) is 30.4 Å². The van der Waals surface area contributed by atoms with Gasteiger partial charge in [0, 0.05) is 26.3 Å². The zero-order valence-corrected chi connectivity index (χ0v) is 15.7. The number of para-hydroxylation sites is 1. The largest absolute Gasteiger partial charge is 0.497 e. The van der Waals surface area contributed by atoms with Gasteiger partial charge in [0.25, 0.3) is 0 Å². The second-order valence-corrected chi connectivity index (χ2v) is 6.08. The minimum atomic E-state index is 0.704. The Morgan fingerprint density at radius 3 is 2.52 bits per heavy atom. The molecule has 3 rings (SSSR count). The third kappa shape index (κ3) is 5.34. The summed E-state index contributed by atoms with van der Waals surface area (Å²) in [4.78, 5) is 4.27. The summed E-state index contributed by atoms with van der Waals surface area (Å²) in [6.45, 7) is 1.48. The first-order chi connectivity index (χ1) is 13.3. The van der Waals surface area contributed by atoms with Gasteiger partial charge in [0.1, 0.15) is 5.75 Å². The van der Waals surface area contributed by atoms with Crippen molar-refractivity contribution in [3.05, 3.63) is 78.1 Å². The second-order valence-electron chi connectivity index (χ2n) is 6.08. The van der Waals surface area contributed by atoms with Crippen molar-refractivity contribution in [3.63, 3.8) is 0 Å². The van der Waals surface area contributed by atoms with E-state index >= 15 is 0 Å². The average Bonchev–Trinajstić information content (AvgIpc) is 3.20. The molecule has 27 heavy (non-hydrogen) atoms. The molecule has 0 aliphatic heterocycles. The van der Waals surface area contributed by atoms with Crippen LogP contribution in [0.5, 0.6) is 5.75 Å². The quantitative estimate of drug-likeness (QED) is 0.500. The van der Waals surface area contributed by atoms with Crippen molar-refractivity contribution in [3.8, 4) is 11.4 Å². The lowest BCUT2D eigenvalue weighted by atomic mass is 10.2. The van der Waals surface area contributed by atoms with Gasteiger partial charge < -0.3 is 15.4 Å². The maximum atomic E-state index is 5.18.